The summed E-state index contributed by atoms with van der Waals surface area (Å²) in [6.45, 7) is 6.00. The zero-order chi connectivity index (χ0) is 10.8. The molecular formula is C11H17NO2. The molecule has 3 heteroatoms. The predicted molar refractivity (Wildman–Crippen MR) is 52.4 cm³/mol. The molecule has 0 aromatic heterocycles. The standard InChI is InChI=1S/C11H17NO2/c1-9(2)10(3)4-5-11(9,8(12)14)6-7(10)13/h4-6H2,1-3H3,(H2,12,14)/t10-,11-/m0/s1. The number of amides is 1. The summed E-state index contributed by atoms with van der Waals surface area (Å²) in [5.74, 6) is -0.0791. The molecule has 2 atom stereocenters. The maximum absolute atomic E-state index is 11.9. The molecule has 2 saturated carbocycles. The number of rotatable bonds is 1. The van der Waals surface area contributed by atoms with Gasteiger partial charge in [-0.05, 0) is 18.3 Å². The minimum Gasteiger partial charge on any atom is -0.369 e. The smallest absolute Gasteiger partial charge is 0.224 e. The van der Waals surface area contributed by atoms with E-state index >= 15 is 0 Å². The van der Waals surface area contributed by atoms with Gasteiger partial charge in [0.2, 0.25) is 5.91 Å². The highest BCUT2D eigenvalue weighted by molar-refractivity contribution is 5.99. The normalized spacial score (nSPS) is 44.4. The molecule has 0 heterocycles. The summed E-state index contributed by atoms with van der Waals surface area (Å²) in [4.78, 5) is 23.4. The van der Waals surface area contributed by atoms with Crippen LogP contribution in [-0.4, -0.2) is 11.7 Å². The van der Waals surface area contributed by atoms with Gasteiger partial charge in [-0.25, -0.2) is 0 Å². The van der Waals surface area contributed by atoms with Gasteiger partial charge in [-0.1, -0.05) is 20.8 Å². The number of hydrogen-bond acceptors (Lipinski definition) is 2. The van der Waals surface area contributed by atoms with Crippen LogP contribution < -0.4 is 5.73 Å². The lowest BCUT2D eigenvalue weighted by molar-refractivity contribution is -0.133. The lowest BCUT2D eigenvalue weighted by Crippen LogP contribution is -2.44. The number of hydrogen-bond donors (Lipinski definition) is 1. The van der Waals surface area contributed by atoms with Crippen LogP contribution in [-0.2, 0) is 9.59 Å². The second kappa shape index (κ2) is 2.20. The summed E-state index contributed by atoms with van der Waals surface area (Å²) in [5, 5.41) is 0. The molecule has 0 aromatic carbocycles. The van der Waals surface area contributed by atoms with Crippen LogP contribution in [0.25, 0.3) is 0 Å². The van der Waals surface area contributed by atoms with Crippen molar-refractivity contribution in [3.8, 4) is 0 Å². The highest BCUT2D eigenvalue weighted by atomic mass is 16.2. The number of primary amides is 1. The van der Waals surface area contributed by atoms with E-state index in [-0.39, 0.29) is 22.5 Å². The Morgan fingerprint density at radius 1 is 1.29 bits per heavy atom. The number of carbonyl (C=O) groups is 2. The molecule has 0 aromatic rings. The van der Waals surface area contributed by atoms with Crippen LogP contribution in [0.5, 0.6) is 0 Å². The summed E-state index contributed by atoms with van der Waals surface area (Å²) in [7, 11) is 0. The van der Waals surface area contributed by atoms with Gasteiger partial charge in [-0.15, -0.1) is 0 Å². The van der Waals surface area contributed by atoms with E-state index < -0.39 is 5.41 Å². The van der Waals surface area contributed by atoms with Gasteiger partial charge in [0.1, 0.15) is 5.78 Å². The minimum absolute atomic E-state index is 0.215. The van der Waals surface area contributed by atoms with Crippen molar-refractivity contribution in [2.24, 2.45) is 22.0 Å². The third-order valence-corrected chi connectivity index (χ3v) is 5.18. The first-order valence-electron chi connectivity index (χ1n) is 5.11. The van der Waals surface area contributed by atoms with Crippen LogP contribution in [0.2, 0.25) is 0 Å². The van der Waals surface area contributed by atoms with E-state index in [4.69, 9.17) is 5.73 Å². The zero-order valence-corrected chi connectivity index (χ0v) is 9.02. The molecule has 14 heavy (non-hydrogen) atoms. The first kappa shape index (κ1) is 9.69. The highest BCUT2D eigenvalue weighted by Crippen LogP contribution is 2.70. The van der Waals surface area contributed by atoms with Gasteiger partial charge in [-0.3, -0.25) is 9.59 Å². The van der Waals surface area contributed by atoms with Crippen molar-refractivity contribution in [3.05, 3.63) is 0 Å². The number of ketones is 1. The molecule has 1 amide bonds. The van der Waals surface area contributed by atoms with Gasteiger partial charge in [0.05, 0.1) is 5.41 Å². The van der Waals surface area contributed by atoms with Gasteiger partial charge in [0, 0.05) is 11.8 Å². The van der Waals surface area contributed by atoms with Crippen molar-refractivity contribution in [1.82, 2.24) is 0 Å². The fraction of sp³-hybridized carbons (Fsp3) is 0.818. The number of nitrogens with two attached hydrogens (primary N) is 1. The van der Waals surface area contributed by atoms with Crippen molar-refractivity contribution >= 4 is 11.7 Å². The average Bonchev–Trinajstić information content (AvgIpc) is 2.34. The summed E-state index contributed by atoms with van der Waals surface area (Å²) in [6.07, 6.45) is 1.94. The quantitative estimate of drug-likeness (QED) is 0.684. The van der Waals surface area contributed by atoms with Gasteiger partial charge in [0.15, 0.2) is 0 Å². The summed E-state index contributed by atoms with van der Waals surface area (Å²) >= 11 is 0. The van der Waals surface area contributed by atoms with Gasteiger partial charge < -0.3 is 5.73 Å². The number of carbonyl (C=O) groups excluding carboxylic acids is 2. The Morgan fingerprint density at radius 3 is 2.07 bits per heavy atom. The molecule has 2 aliphatic rings. The van der Waals surface area contributed by atoms with Crippen LogP contribution in [0, 0.1) is 16.2 Å². The van der Waals surface area contributed by atoms with E-state index in [1.807, 2.05) is 20.8 Å². The molecule has 2 rings (SSSR count). The van der Waals surface area contributed by atoms with Gasteiger partial charge in [0.25, 0.3) is 0 Å². The van der Waals surface area contributed by atoms with Crippen LogP contribution in [0.15, 0.2) is 0 Å². The number of Topliss-reactive ketones (excluding diaryl/α,β-unsaturated/α-hetero) is 1. The Morgan fingerprint density at radius 2 is 1.86 bits per heavy atom. The molecule has 2 aliphatic carbocycles. The summed E-state index contributed by atoms with van der Waals surface area (Å²) in [6, 6.07) is 0. The molecule has 0 saturated heterocycles. The Hall–Kier alpha value is -0.860. The second-order valence-corrected chi connectivity index (χ2v) is 5.50. The molecule has 0 unspecified atom stereocenters. The van der Waals surface area contributed by atoms with Gasteiger partial charge in [-0.2, -0.15) is 0 Å². The maximum atomic E-state index is 11.9. The van der Waals surface area contributed by atoms with E-state index in [1.54, 1.807) is 0 Å². The topological polar surface area (TPSA) is 60.2 Å². The monoisotopic (exact) mass is 195 g/mol. The number of fused-ring (bicyclic) bond motifs is 2. The van der Waals surface area contributed by atoms with Crippen molar-refractivity contribution in [3.63, 3.8) is 0 Å². The van der Waals surface area contributed by atoms with Crippen molar-refractivity contribution in [1.29, 1.82) is 0 Å². The third kappa shape index (κ3) is 0.677. The Bertz CT molecular complexity index is 334. The molecular weight excluding hydrogens is 178 g/mol. The van der Waals surface area contributed by atoms with E-state index in [2.05, 4.69) is 0 Å². The van der Waals surface area contributed by atoms with E-state index in [0.29, 0.717) is 6.42 Å². The lowest BCUT2D eigenvalue weighted by atomic mass is 9.65. The molecule has 2 fully saturated rings. The minimum atomic E-state index is -0.571. The Labute approximate surface area is 84.0 Å². The van der Waals surface area contributed by atoms with E-state index in [9.17, 15) is 9.59 Å². The van der Waals surface area contributed by atoms with Crippen molar-refractivity contribution < 1.29 is 9.59 Å². The Balaban J connectivity index is 2.60. The van der Waals surface area contributed by atoms with Gasteiger partial charge >= 0.3 is 0 Å². The summed E-state index contributed by atoms with van der Waals surface area (Å²) < 4.78 is 0. The maximum Gasteiger partial charge on any atom is 0.224 e. The van der Waals surface area contributed by atoms with Crippen molar-refractivity contribution in [2.75, 3.05) is 0 Å². The molecule has 0 aliphatic heterocycles. The molecule has 0 radical (unpaired) electrons. The fourth-order valence-electron chi connectivity index (χ4n) is 3.40. The van der Waals surface area contributed by atoms with Crippen LogP contribution in [0.1, 0.15) is 40.0 Å². The molecule has 78 valence electrons. The average molecular weight is 195 g/mol. The SMILES string of the molecule is CC1(C)[C@@]2(C(N)=O)CC[C@@]1(C)C(=O)C2. The van der Waals surface area contributed by atoms with Crippen LogP contribution in [0.3, 0.4) is 0 Å². The predicted octanol–water partition coefficient (Wildman–Crippen LogP) is 1.26. The molecule has 3 nitrogen and oxygen atoms in total. The van der Waals surface area contributed by atoms with E-state index in [1.165, 1.54) is 0 Å². The first-order chi connectivity index (χ1) is 6.28. The molecule has 0 spiro atoms. The molecule has 2 bridgehead atoms. The third-order valence-electron chi connectivity index (χ3n) is 5.18. The van der Waals surface area contributed by atoms with E-state index in [0.717, 1.165) is 12.8 Å². The summed E-state index contributed by atoms with van der Waals surface area (Å²) in [5.41, 5.74) is 4.30. The second-order valence-electron chi connectivity index (χ2n) is 5.50. The lowest BCUT2D eigenvalue weighted by Gasteiger charge is -2.37. The highest BCUT2D eigenvalue weighted by Gasteiger charge is 2.71. The largest absolute Gasteiger partial charge is 0.369 e. The first-order valence-corrected chi connectivity index (χ1v) is 5.11. The zero-order valence-electron chi connectivity index (χ0n) is 9.02. The van der Waals surface area contributed by atoms with Crippen LogP contribution in [0.4, 0.5) is 0 Å². The van der Waals surface area contributed by atoms with Crippen molar-refractivity contribution in [2.45, 2.75) is 40.0 Å². The fourth-order valence-corrected chi connectivity index (χ4v) is 3.40. The Kier molecular flexibility index (Phi) is 1.53. The van der Waals surface area contributed by atoms with Crippen LogP contribution >= 0.6 is 0 Å². The molecule has 2 N–H and O–H groups in total.